The number of rotatable bonds is 9. The number of carbonyl (C=O) groups is 1. The van der Waals surface area contributed by atoms with Gasteiger partial charge in [0.1, 0.15) is 17.3 Å². The zero-order valence-electron chi connectivity index (χ0n) is 15.6. The minimum Gasteiger partial charge on any atom is -0.467 e. The molecule has 0 atom stereocenters. The lowest BCUT2D eigenvalue weighted by Crippen LogP contribution is -2.37. The van der Waals surface area contributed by atoms with E-state index in [-0.39, 0.29) is 29.0 Å². The number of aromatic nitrogens is 2. The number of aromatic amines is 1. The lowest BCUT2D eigenvalue weighted by molar-refractivity contribution is 0.0671. The molecular formula is C18H22ClFN3O5P. The van der Waals surface area contributed by atoms with Crippen LogP contribution in [-0.2, 0) is 11.1 Å². The number of hydrogen-bond donors (Lipinski definition) is 3. The molecule has 0 radical (unpaired) electrons. The van der Waals surface area contributed by atoms with Gasteiger partial charge in [0, 0.05) is 30.8 Å². The lowest BCUT2D eigenvalue weighted by atomic mass is 9.85. The van der Waals surface area contributed by atoms with Crippen molar-refractivity contribution in [2.45, 2.75) is 25.8 Å². The normalized spacial score (nSPS) is 14.5. The van der Waals surface area contributed by atoms with Crippen molar-refractivity contribution in [1.29, 1.82) is 0 Å². The highest BCUT2D eigenvalue weighted by Gasteiger charge is 2.26. The molecular weight excluding hydrogens is 424 g/mol. The highest BCUT2D eigenvalue weighted by atomic mass is 35.5. The van der Waals surface area contributed by atoms with Crippen molar-refractivity contribution in [2.24, 2.45) is 5.92 Å². The Balaban J connectivity index is 1.69. The van der Waals surface area contributed by atoms with Crippen molar-refractivity contribution in [1.82, 2.24) is 15.1 Å². The van der Waals surface area contributed by atoms with E-state index in [2.05, 4.69) is 21.0 Å². The summed E-state index contributed by atoms with van der Waals surface area (Å²) in [5.74, 6) is -0.313. The number of hydrogen-bond acceptors (Lipinski definition) is 6. The predicted octanol–water partition coefficient (Wildman–Crippen LogP) is 3.18. The third kappa shape index (κ3) is 6.29. The van der Waals surface area contributed by atoms with E-state index in [0.717, 1.165) is 25.3 Å². The fourth-order valence-corrected chi connectivity index (χ4v) is 3.29. The van der Waals surface area contributed by atoms with Gasteiger partial charge in [0.15, 0.2) is 11.9 Å². The monoisotopic (exact) mass is 445 g/mol. The van der Waals surface area contributed by atoms with Gasteiger partial charge in [0.05, 0.1) is 0 Å². The molecule has 0 aliphatic heterocycles. The van der Waals surface area contributed by atoms with Crippen LogP contribution in [0.1, 0.15) is 35.3 Å². The minimum atomic E-state index is -3.67. The van der Waals surface area contributed by atoms with E-state index in [1.54, 1.807) is 4.90 Å². The lowest BCUT2D eigenvalue weighted by Gasteiger charge is -2.32. The van der Waals surface area contributed by atoms with E-state index in [1.807, 2.05) is 0 Å². The van der Waals surface area contributed by atoms with Crippen molar-refractivity contribution in [3.05, 3.63) is 46.5 Å². The van der Waals surface area contributed by atoms with Crippen molar-refractivity contribution < 1.29 is 28.2 Å². The van der Waals surface area contributed by atoms with Crippen LogP contribution in [0.2, 0.25) is 5.15 Å². The zero-order valence-corrected chi connectivity index (χ0v) is 17.2. The number of halogens is 2. The maximum Gasteiger partial charge on any atom is 0.272 e. The van der Waals surface area contributed by atoms with E-state index in [1.165, 1.54) is 18.2 Å². The van der Waals surface area contributed by atoms with Crippen LogP contribution in [0.3, 0.4) is 0 Å². The Morgan fingerprint density at radius 2 is 2.17 bits per heavy atom. The second-order valence-corrected chi connectivity index (χ2v) is 8.87. The van der Waals surface area contributed by atoms with Gasteiger partial charge in [-0.2, -0.15) is 5.10 Å². The second kappa shape index (κ2) is 9.28. The number of amides is 1. The van der Waals surface area contributed by atoms with E-state index < -0.39 is 20.2 Å². The Labute approximate surface area is 172 Å². The van der Waals surface area contributed by atoms with Crippen molar-refractivity contribution >= 4 is 31.4 Å². The van der Waals surface area contributed by atoms with Crippen LogP contribution >= 0.6 is 19.2 Å². The molecule has 1 fully saturated rings. The van der Waals surface area contributed by atoms with Crippen LogP contribution < -0.4 is 4.74 Å². The van der Waals surface area contributed by atoms with Gasteiger partial charge in [-0.3, -0.25) is 14.4 Å². The Hall–Kier alpha value is -1.90. The summed E-state index contributed by atoms with van der Waals surface area (Å²) < 4.78 is 24.3. The van der Waals surface area contributed by atoms with Gasteiger partial charge in [-0.1, -0.05) is 24.1 Å². The summed E-state index contributed by atoms with van der Waals surface area (Å²) in [5.41, 5.74) is 0.569. The van der Waals surface area contributed by atoms with Crippen molar-refractivity contribution in [3.8, 4) is 5.75 Å². The summed E-state index contributed by atoms with van der Waals surface area (Å²) in [6.45, 7) is 0.120. The molecule has 1 aromatic heterocycles. The summed E-state index contributed by atoms with van der Waals surface area (Å²) >= 11 is 5.80. The summed E-state index contributed by atoms with van der Waals surface area (Å²) in [4.78, 5) is 32.5. The third-order valence-electron chi connectivity index (χ3n) is 4.64. The SMILES string of the molecule is C=P(O)(O)OCOc1ccc(CN(CC2CCC2)C(=O)c2cc(Cl)n[nH]2)c(F)c1. The fraction of sp³-hybridized carbons (Fsp3) is 0.389. The molecule has 1 amide bonds. The molecule has 1 aromatic carbocycles. The summed E-state index contributed by atoms with van der Waals surface area (Å²) in [7, 11) is -3.67. The highest BCUT2D eigenvalue weighted by molar-refractivity contribution is 7.57. The first-order valence-electron chi connectivity index (χ1n) is 8.96. The molecule has 3 rings (SSSR count). The minimum absolute atomic E-state index is 0.0788. The predicted molar refractivity (Wildman–Crippen MR) is 107 cm³/mol. The van der Waals surface area contributed by atoms with Crippen molar-refractivity contribution in [3.63, 3.8) is 0 Å². The smallest absolute Gasteiger partial charge is 0.272 e. The molecule has 2 aromatic rings. The number of benzene rings is 1. The van der Waals surface area contributed by atoms with Gasteiger partial charge < -0.3 is 19.4 Å². The van der Waals surface area contributed by atoms with E-state index in [9.17, 15) is 9.18 Å². The molecule has 158 valence electrons. The maximum absolute atomic E-state index is 14.6. The van der Waals surface area contributed by atoms with Gasteiger partial charge in [-0.05, 0) is 31.1 Å². The molecule has 1 heterocycles. The van der Waals surface area contributed by atoms with Crippen LogP contribution in [0, 0.1) is 11.7 Å². The Bertz CT molecular complexity index is 915. The molecule has 11 heteroatoms. The first kappa shape index (κ1) is 21.8. The number of nitrogens with one attached hydrogen (secondary N) is 1. The molecule has 1 aliphatic rings. The fourth-order valence-electron chi connectivity index (χ4n) is 2.91. The standard InChI is InChI=1S/C18H22ClFN3O5P/c1-29(25,26)28-11-27-14-6-5-13(15(20)7-14)10-23(9-12-3-2-4-12)18(24)16-8-17(19)22-21-16/h5-8,12,25-26H,1-4,9-11H2,(H,21,22). The maximum atomic E-state index is 14.6. The van der Waals surface area contributed by atoms with Gasteiger partial charge in [-0.25, -0.2) is 4.39 Å². The van der Waals surface area contributed by atoms with Gasteiger partial charge >= 0.3 is 0 Å². The summed E-state index contributed by atoms with van der Waals surface area (Å²) in [6.07, 6.45) is 6.24. The second-order valence-electron chi connectivity index (χ2n) is 6.90. The molecule has 0 unspecified atom stereocenters. The molecule has 1 aliphatic carbocycles. The number of ether oxygens (including phenoxy) is 1. The molecule has 29 heavy (non-hydrogen) atoms. The molecule has 0 spiro atoms. The van der Waals surface area contributed by atoms with E-state index in [0.29, 0.717) is 18.0 Å². The van der Waals surface area contributed by atoms with Crippen LogP contribution in [0.25, 0.3) is 0 Å². The van der Waals surface area contributed by atoms with E-state index in [4.69, 9.17) is 26.1 Å². The van der Waals surface area contributed by atoms with Crippen LogP contribution in [0.15, 0.2) is 24.3 Å². The summed E-state index contributed by atoms with van der Waals surface area (Å²) in [5, 5.41) is 6.55. The topological polar surface area (TPSA) is 108 Å². The Morgan fingerprint density at radius 1 is 1.41 bits per heavy atom. The Kier molecular flexibility index (Phi) is 6.97. The van der Waals surface area contributed by atoms with Crippen molar-refractivity contribution in [2.75, 3.05) is 13.3 Å². The number of H-pyrrole nitrogens is 1. The quantitative estimate of drug-likeness (QED) is 0.404. The van der Waals surface area contributed by atoms with Gasteiger partial charge in [0.2, 0.25) is 7.57 Å². The molecule has 3 N–H and O–H groups in total. The molecule has 1 saturated carbocycles. The molecule has 0 bridgehead atoms. The van der Waals surface area contributed by atoms with Gasteiger partial charge in [-0.15, -0.1) is 0 Å². The third-order valence-corrected chi connectivity index (χ3v) is 5.35. The van der Waals surface area contributed by atoms with E-state index >= 15 is 0 Å². The number of nitrogens with zero attached hydrogens (tertiary/aromatic N) is 2. The average molecular weight is 446 g/mol. The molecule has 8 nitrogen and oxygen atoms in total. The number of carbonyl (C=O) groups excluding carboxylic acids is 1. The molecule has 0 saturated heterocycles. The van der Waals surface area contributed by atoms with Crippen LogP contribution in [0.5, 0.6) is 5.75 Å². The highest BCUT2D eigenvalue weighted by Crippen LogP contribution is 2.35. The first-order chi connectivity index (χ1) is 13.7. The average Bonchev–Trinajstić information content (AvgIpc) is 3.03. The van der Waals surface area contributed by atoms with Crippen LogP contribution in [0.4, 0.5) is 4.39 Å². The zero-order chi connectivity index (χ0) is 21.0. The van der Waals surface area contributed by atoms with Gasteiger partial charge in [0.25, 0.3) is 5.91 Å². The van der Waals surface area contributed by atoms with Crippen LogP contribution in [-0.4, -0.2) is 50.4 Å². The largest absolute Gasteiger partial charge is 0.467 e. The first-order valence-corrected chi connectivity index (χ1v) is 11.1. The summed E-state index contributed by atoms with van der Waals surface area (Å²) in [6, 6.07) is 5.61. The Morgan fingerprint density at radius 3 is 2.72 bits per heavy atom.